The predicted molar refractivity (Wildman–Crippen MR) is 120 cm³/mol. The number of pyridine rings is 1. The predicted octanol–water partition coefficient (Wildman–Crippen LogP) is 2.14. The fraction of sp³-hybridized carbons (Fsp3) is 0.375. The van der Waals surface area contributed by atoms with Crippen molar-refractivity contribution >= 4 is 22.8 Å². The molecule has 0 aliphatic carbocycles. The second kappa shape index (κ2) is 8.08. The van der Waals surface area contributed by atoms with Gasteiger partial charge in [-0.3, -0.25) is 19.3 Å². The number of fused-ring (bicyclic) bond motifs is 5. The van der Waals surface area contributed by atoms with Crippen molar-refractivity contribution in [2.45, 2.75) is 31.5 Å². The Morgan fingerprint density at radius 1 is 1.15 bits per heavy atom. The number of ether oxygens (including phenoxy) is 1. The van der Waals surface area contributed by atoms with Crippen LogP contribution in [-0.2, 0) is 22.7 Å². The number of carbonyl (C=O) groups is 2. The number of rotatable bonds is 6. The van der Waals surface area contributed by atoms with Crippen molar-refractivity contribution in [2.75, 3.05) is 20.2 Å². The monoisotopic (exact) mass is 451 g/mol. The van der Waals surface area contributed by atoms with Gasteiger partial charge in [0.1, 0.15) is 18.3 Å². The van der Waals surface area contributed by atoms with E-state index in [4.69, 9.17) is 4.74 Å². The van der Waals surface area contributed by atoms with Crippen LogP contribution >= 0.6 is 0 Å². The topological polar surface area (TPSA) is 114 Å². The van der Waals surface area contributed by atoms with Gasteiger partial charge in [-0.1, -0.05) is 6.07 Å². The van der Waals surface area contributed by atoms with Crippen molar-refractivity contribution < 1.29 is 24.5 Å². The zero-order chi connectivity index (χ0) is 23.3. The molecular formula is C24H25N3O6. The molecule has 0 amide bonds. The standard InChI is InChI=1S/C24H25N3O6/c1-33-16-5-6-20-17(8-16)18(12-25(20)13-22(29)30)23(24(31)32)26-9-14-7-15(11-26)19-3-2-4-21(28)27(19)10-14/h2-6,8,12,14-15,23H,7,9-11,13H2,1H3,(H,29,30)(H,31,32)/t14-,15-,23+/m1/s1. The van der Waals surface area contributed by atoms with Crippen molar-refractivity contribution in [1.82, 2.24) is 14.0 Å². The minimum Gasteiger partial charge on any atom is -0.497 e. The molecule has 9 heteroatoms. The lowest BCUT2D eigenvalue weighted by Crippen LogP contribution is -2.49. The van der Waals surface area contributed by atoms with Gasteiger partial charge in [0.2, 0.25) is 0 Å². The third kappa shape index (κ3) is 3.68. The largest absolute Gasteiger partial charge is 0.497 e. The molecule has 2 bridgehead atoms. The van der Waals surface area contributed by atoms with Crippen molar-refractivity contribution in [2.24, 2.45) is 5.92 Å². The molecule has 4 heterocycles. The van der Waals surface area contributed by atoms with Gasteiger partial charge in [0.05, 0.1) is 7.11 Å². The van der Waals surface area contributed by atoms with Crippen LogP contribution in [0.4, 0.5) is 0 Å². The number of nitrogens with zero attached hydrogens (tertiary/aromatic N) is 3. The quantitative estimate of drug-likeness (QED) is 0.590. The lowest BCUT2D eigenvalue weighted by Gasteiger charge is -2.44. The maximum Gasteiger partial charge on any atom is 0.325 e. The molecule has 2 aromatic heterocycles. The Hall–Kier alpha value is -3.59. The fourth-order valence-corrected chi connectivity index (χ4v) is 5.56. The Morgan fingerprint density at radius 2 is 1.97 bits per heavy atom. The SMILES string of the molecule is COc1ccc2c(c1)c([C@@H](C(=O)O)N1C[C@H]3C[C@H](C1)c1cccc(=O)n1C3)cn2CC(=O)O. The summed E-state index contributed by atoms with van der Waals surface area (Å²) in [6.45, 7) is 1.36. The Morgan fingerprint density at radius 3 is 2.70 bits per heavy atom. The molecule has 3 aromatic rings. The lowest BCUT2D eigenvalue weighted by atomic mass is 9.82. The normalized spacial score (nSPS) is 20.9. The first-order chi connectivity index (χ1) is 15.9. The zero-order valence-corrected chi connectivity index (χ0v) is 18.2. The molecule has 0 saturated carbocycles. The summed E-state index contributed by atoms with van der Waals surface area (Å²) in [4.78, 5) is 38.3. The molecule has 2 aliphatic rings. The van der Waals surface area contributed by atoms with Crippen LogP contribution in [0.15, 0.2) is 47.4 Å². The molecular weight excluding hydrogens is 426 g/mol. The second-order valence-electron chi connectivity index (χ2n) is 8.88. The number of hydrogen-bond donors (Lipinski definition) is 2. The Kier molecular flexibility index (Phi) is 5.20. The summed E-state index contributed by atoms with van der Waals surface area (Å²) in [6.07, 6.45) is 2.56. The smallest absolute Gasteiger partial charge is 0.325 e. The molecule has 1 saturated heterocycles. The highest BCUT2D eigenvalue weighted by atomic mass is 16.5. The molecule has 0 spiro atoms. The molecule has 1 fully saturated rings. The van der Waals surface area contributed by atoms with Crippen molar-refractivity contribution in [1.29, 1.82) is 0 Å². The lowest BCUT2D eigenvalue weighted by molar-refractivity contribution is -0.144. The highest BCUT2D eigenvalue weighted by Gasteiger charge is 2.40. The maximum absolute atomic E-state index is 12.6. The summed E-state index contributed by atoms with van der Waals surface area (Å²) in [6, 6.07) is 9.58. The summed E-state index contributed by atoms with van der Waals surface area (Å²) in [5.74, 6) is -1.19. The average Bonchev–Trinajstić information content (AvgIpc) is 3.11. The van der Waals surface area contributed by atoms with E-state index >= 15 is 0 Å². The minimum absolute atomic E-state index is 0.0192. The molecule has 2 N–H and O–H groups in total. The summed E-state index contributed by atoms with van der Waals surface area (Å²) in [5, 5.41) is 20.3. The fourth-order valence-electron chi connectivity index (χ4n) is 5.56. The van der Waals surface area contributed by atoms with E-state index in [1.165, 1.54) is 7.11 Å². The van der Waals surface area contributed by atoms with Gasteiger partial charge in [0.25, 0.3) is 5.56 Å². The second-order valence-corrected chi connectivity index (χ2v) is 8.88. The van der Waals surface area contributed by atoms with Crippen LogP contribution in [-0.4, -0.2) is 56.4 Å². The van der Waals surface area contributed by atoms with E-state index in [9.17, 15) is 24.6 Å². The molecule has 33 heavy (non-hydrogen) atoms. The third-order valence-corrected chi connectivity index (χ3v) is 6.83. The van der Waals surface area contributed by atoms with Gasteiger partial charge in [-0.15, -0.1) is 0 Å². The Balaban J connectivity index is 1.58. The number of aromatic nitrogens is 2. The van der Waals surface area contributed by atoms with Gasteiger partial charge >= 0.3 is 11.9 Å². The van der Waals surface area contributed by atoms with E-state index in [0.717, 1.165) is 12.1 Å². The van der Waals surface area contributed by atoms with Gasteiger partial charge in [-0.25, -0.2) is 0 Å². The summed E-state index contributed by atoms with van der Waals surface area (Å²) in [5.41, 5.74) is 2.12. The average molecular weight is 451 g/mol. The minimum atomic E-state index is -1.00. The number of aliphatic carboxylic acids is 2. The number of carboxylic acids is 2. The molecule has 3 atom stereocenters. The number of carboxylic acid groups (broad SMARTS) is 2. The van der Waals surface area contributed by atoms with Crippen LogP contribution in [0.25, 0.3) is 10.9 Å². The van der Waals surface area contributed by atoms with Crippen molar-refractivity contribution in [3.8, 4) is 5.75 Å². The highest BCUT2D eigenvalue weighted by Crippen LogP contribution is 2.40. The third-order valence-electron chi connectivity index (χ3n) is 6.83. The molecule has 172 valence electrons. The van der Waals surface area contributed by atoms with E-state index in [1.807, 2.05) is 15.5 Å². The molecule has 5 rings (SSSR count). The molecule has 9 nitrogen and oxygen atoms in total. The van der Waals surface area contributed by atoms with Crippen molar-refractivity contribution in [3.05, 3.63) is 64.2 Å². The number of benzene rings is 1. The van der Waals surface area contributed by atoms with E-state index in [-0.39, 0.29) is 23.9 Å². The molecule has 0 radical (unpaired) electrons. The first-order valence-electron chi connectivity index (χ1n) is 10.9. The van der Waals surface area contributed by atoms with Gasteiger partial charge in [-0.05, 0) is 36.6 Å². The summed E-state index contributed by atoms with van der Waals surface area (Å²) >= 11 is 0. The van der Waals surface area contributed by atoms with Crippen LogP contribution in [0.2, 0.25) is 0 Å². The van der Waals surface area contributed by atoms with Crippen LogP contribution in [0.1, 0.15) is 29.6 Å². The van der Waals surface area contributed by atoms with E-state index in [1.54, 1.807) is 41.1 Å². The van der Waals surface area contributed by atoms with Crippen LogP contribution in [0.3, 0.4) is 0 Å². The van der Waals surface area contributed by atoms with Gasteiger partial charge < -0.3 is 24.1 Å². The van der Waals surface area contributed by atoms with Gasteiger partial charge in [0, 0.05) is 60.0 Å². The zero-order valence-electron chi connectivity index (χ0n) is 18.2. The van der Waals surface area contributed by atoms with E-state index in [0.29, 0.717) is 41.9 Å². The first-order valence-corrected chi connectivity index (χ1v) is 10.9. The van der Waals surface area contributed by atoms with Crippen LogP contribution in [0, 0.1) is 5.92 Å². The van der Waals surface area contributed by atoms with Crippen LogP contribution in [0.5, 0.6) is 5.75 Å². The first kappa shape index (κ1) is 21.3. The molecule has 1 aromatic carbocycles. The molecule has 0 unspecified atom stereocenters. The number of piperidine rings is 1. The van der Waals surface area contributed by atoms with E-state index < -0.39 is 18.0 Å². The number of likely N-dealkylation sites (tertiary alicyclic amines) is 1. The van der Waals surface area contributed by atoms with E-state index in [2.05, 4.69) is 0 Å². The van der Waals surface area contributed by atoms with Crippen molar-refractivity contribution in [3.63, 3.8) is 0 Å². The van der Waals surface area contributed by atoms with Gasteiger partial charge in [-0.2, -0.15) is 0 Å². The number of methoxy groups -OCH3 is 1. The Labute approximate surface area is 189 Å². The summed E-state index contributed by atoms with van der Waals surface area (Å²) in [7, 11) is 1.54. The summed E-state index contributed by atoms with van der Waals surface area (Å²) < 4.78 is 8.73. The highest BCUT2D eigenvalue weighted by molar-refractivity contribution is 5.91. The van der Waals surface area contributed by atoms with Gasteiger partial charge in [0.15, 0.2) is 0 Å². The van der Waals surface area contributed by atoms with Crippen LogP contribution < -0.4 is 10.3 Å². The molecule has 2 aliphatic heterocycles. The maximum atomic E-state index is 12.6. The Bertz CT molecular complexity index is 1310. The number of hydrogen-bond acceptors (Lipinski definition) is 5.